The van der Waals surface area contributed by atoms with Crippen molar-refractivity contribution < 1.29 is 9.59 Å². The lowest BCUT2D eigenvalue weighted by Crippen LogP contribution is -2.33. The number of nitrogens with zero attached hydrogens (tertiary/aromatic N) is 1. The van der Waals surface area contributed by atoms with Gasteiger partial charge >= 0.3 is 0 Å². The third kappa shape index (κ3) is 2.68. The van der Waals surface area contributed by atoms with Crippen LogP contribution < -0.4 is 10.2 Å². The van der Waals surface area contributed by atoms with Crippen molar-refractivity contribution in [1.29, 1.82) is 0 Å². The molecule has 2 aromatic rings. The molecule has 24 heavy (non-hydrogen) atoms. The first-order valence-electron chi connectivity index (χ1n) is 8.07. The summed E-state index contributed by atoms with van der Waals surface area (Å²) in [7, 11) is 1.77. The van der Waals surface area contributed by atoms with Crippen molar-refractivity contribution in [3.05, 3.63) is 64.7 Å². The molecule has 0 bridgehead atoms. The van der Waals surface area contributed by atoms with Crippen LogP contribution in [-0.2, 0) is 16.8 Å². The zero-order valence-electron chi connectivity index (χ0n) is 14.5. The Labute approximate surface area is 142 Å². The van der Waals surface area contributed by atoms with Gasteiger partial charge in [0.2, 0.25) is 5.91 Å². The molecule has 0 aromatic heterocycles. The molecule has 0 aliphatic carbocycles. The lowest BCUT2D eigenvalue weighted by molar-refractivity contribution is -0.121. The molecule has 0 unspecified atom stereocenters. The van der Waals surface area contributed by atoms with Crippen LogP contribution in [0.1, 0.15) is 40.9 Å². The van der Waals surface area contributed by atoms with Gasteiger partial charge in [-0.1, -0.05) is 29.8 Å². The Balaban J connectivity index is 1.80. The van der Waals surface area contributed by atoms with Gasteiger partial charge in [0.25, 0.3) is 5.91 Å². The number of likely N-dealkylation sites (N-methyl/N-ethyl adjacent to an activating group) is 1. The van der Waals surface area contributed by atoms with Crippen LogP contribution in [0.5, 0.6) is 0 Å². The molecule has 2 aromatic carbocycles. The van der Waals surface area contributed by atoms with Crippen LogP contribution in [0.15, 0.2) is 42.5 Å². The molecule has 124 valence electrons. The van der Waals surface area contributed by atoms with E-state index in [1.54, 1.807) is 18.0 Å². The maximum absolute atomic E-state index is 12.5. The number of aryl methyl sites for hydroxylation is 1. The maximum Gasteiger partial charge on any atom is 0.251 e. The summed E-state index contributed by atoms with van der Waals surface area (Å²) < 4.78 is 0. The maximum atomic E-state index is 12.5. The minimum Gasteiger partial charge on any atom is -0.348 e. The largest absolute Gasteiger partial charge is 0.348 e. The zero-order chi connectivity index (χ0) is 17.5. The van der Waals surface area contributed by atoms with E-state index < -0.39 is 5.41 Å². The molecule has 4 heteroatoms. The smallest absolute Gasteiger partial charge is 0.251 e. The van der Waals surface area contributed by atoms with Crippen molar-refractivity contribution in [2.75, 3.05) is 11.9 Å². The molecule has 3 rings (SSSR count). The molecule has 0 radical (unpaired) electrons. The van der Waals surface area contributed by atoms with Crippen LogP contribution in [0.4, 0.5) is 5.69 Å². The van der Waals surface area contributed by atoms with E-state index in [1.165, 1.54) is 5.56 Å². The second-order valence-electron chi connectivity index (χ2n) is 6.89. The second-order valence-corrected chi connectivity index (χ2v) is 6.89. The molecule has 1 aliphatic rings. The Morgan fingerprint density at radius 1 is 1.17 bits per heavy atom. The number of benzene rings is 2. The highest BCUT2D eigenvalue weighted by molar-refractivity contribution is 6.08. The summed E-state index contributed by atoms with van der Waals surface area (Å²) >= 11 is 0. The summed E-state index contributed by atoms with van der Waals surface area (Å²) in [5.41, 5.74) is 4.00. The van der Waals surface area contributed by atoms with Gasteiger partial charge in [-0.2, -0.15) is 0 Å². The van der Waals surface area contributed by atoms with Crippen molar-refractivity contribution in [2.45, 2.75) is 32.7 Å². The van der Waals surface area contributed by atoms with E-state index in [0.717, 1.165) is 16.8 Å². The highest BCUT2D eigenvalue weighted by Crippen LogP contribution is 2.40. The first kappa shape index (κ1) is 16.2. The Hall–Kier alpha value is -2.62. The number of hydrogen-bond acceptors (Lipinski definition) is 2. The Kier molecular flexibility index (Phi) is 3.91. The number of hydrogen-bond donors (Lipinski definition) is 1. The molecule has 0 saturated carbocycles. The van der Waals surface area contributed by atoms with Crippen molar-refractivity contribution in [1.82, 2.24) is 5.32 Å². The van der Waals surface area contributed by atoms with Gasteiger partial charge in [-0.25, -0.2) is 0 Å². The molecule has 1 N–H and O–H groups in total. The quantitative estimate of drug-likeness (QED) is 0.943. The average Bonchev–Trinajstić information content (AvgIpc) is 2.73. The molecule has 0 saturated heterocycles. The Bertz CT molecular complexity index is 824. The van der Waals surface area contributed by atoms with Gasteiger partial charge in [0.15, 0.2) is 0 Å². The first-order valence-corrected chi connectivity index (χ1v) is 8.07. The van der Waals surface area contributed by atoms with E-state index in [9.17, 15) is 9.59 Å². The first-order chi connectivity index (χ1) is 11.3. The fourth-order valence-electron chi connectivity index (χ4n) is 3.22. The number of amides is 2. The number of rotatable bonds is 3. The van der Waals surface area contributed by atoms with Crippen LogP contribution in [0.2, 0.25) is 0 Å². The van der Waals surface area contributed by atoms with Crippen LogP contribution in [0.3, 0.4) is 0 Å². The van der Waals surface area contributed by atoms with Gasteiger partial charge in [-0.05, 0) is 50.1 Å². The second kappa shape index (κ2) is 5.78. The van der Waals surface area contributed by atoms with Crippen LogP contribution in [-0.4, -0.2) is 18.9 Å². The van der Waals surface area contributed by atoms with Crippen molar-refractivity contribution in [3.63, 3.8) is 0 Å². The third-order valence-corrected chi connectivity index (χ3v) is 4.67. The summed E-state index contributed by atoms with van der Waals surface area (Å²) in [6.07, 6.45) is 0. The lowest BCUT2D eigenvalue weighted by Gasteiger charge is -2.16. The van der Waals surface area contributed by atoms with Crippen molar-refractivity contribution >= 4 is 17.5 Å². The molecule has 0 fully saturated rings. The van der Waals surface area contributed by atoms with Gasteiger partial charge in [0.1, 0.15) is 0 Å². The molecule has 0 atom stereocenters. The molecule has 0 spiro atoms. The van der Waals surface area contributed by atoms with E-state index in [0.29, 0.717) is 12.1 Å². The molecule has 1 aliphatic heterocycles. The Morgan fingerprint density at radius 3 is 2.62 bits per heavy atom. The number of carbonyl (C=O) groups excluding carboxylic acids is 2. The van der Waals surface area contributed by atoms with Gasteiger partial charge in [0, 0.05) is 24.8 Å². The van der Waals surface area contributed by atoms with Crippen molar-refractivity contribution in [3.8, 4) is 0 Å². The highest BCUT2D eigenvalue weighted by atomic mass is 16.2. The Morgan fingerprint density at radius 2 is 1.92 bits per heavy atom. The normalized spacial score (nSPS) is 15.3. The monoisotopic (exact) mass is 322 g/mol. The van der Waals surface area contributed by atoms with Gasteiger partial charge < -0.3 is 10.2 Å². The zero-order valence-corrected chi connectivity index (χ0v) is 14.5. The van der Waals surface area contributed by atoms with E-state index in [2.05, 4.69) is 11.4 Å². The van der Waals surface area contributed by atoms with Crippen LogP contribution in [0.25, 0.3) is 0 Å². The van der Waals surface area contributed by atoms with E-state index in [4.69, 9.17) is 0 Å². The number of anilines is 1. The van der Waals surface area contributed by atoms with Crippen LogP contribution in [0, 0.1) is 6.92 Å². The van der Waals surface area contributed by atoms with Gasteiger partial charge in [-0.15, -0.1) is 0 Å². The number of fused-ring (bicyclic) bond motifs is 1. The number of nitrogens with one attached hydrogen (secondary N) is 1. The summed E-state index contributed by atoms with van der Waals surface area (Å²) in [5, 5.41) is 2.95. The molecular weight excluding hydrogens is 300 g/mol. The van der Waals surface area contributed by atoms with Crippen molar-refractivity contribution in [2.24, 2.45) is 0 Å². The summed E-state index contributed by atoms with van der Waals surface area (Å²) in [6.45, 7) is 6.30. The van der Waals surface area contributed by atoms with Gasteiger partial charge in [0.05, 0.1) is 5.41 Å². The highest BCUT2D eigenvalue weighted by Gasteiger charge is 2.42. The summed E-state index contributed by atoms with van der Waals surface area (Å²) in [6, 6.07) is 13.5. The predicted molar refractivity (Wildman–Crippen MR) is 95.2 cm³/mol. The van der Waals surface area contributed by atoms with E-state index in [-0.39, 0.29) is 11.8 Å². The summed E-state index contributed by atoms with van der Waals surface area (Å²) in [5.74, 6) is -0.0769. The molecule has 1 heterocycles. The predicted octanol–water partition coefficient (Wildman–Crippen LogP) is 3.18. The lowest BCUT2D eigenvalue weighted by atomic mass is 9.85. The number of carbonyl (C=O) groups is 2. The molecule has 4 nitrogen and oxygen atoms in total. The van der Waals surface area contributed by atoms with E-state index >= 15 is 0 Å². The molecular formula is C20H22N2O2. The fourth-order valence-corrected chi connectivity index (χ4v) is 3.22. The van der Waals surface area contributed by atoms with E-state index in [1.807, 2.05) is 51.1 Å². The topological polar surface area (TPSA) is 49.4 Å². The summed E-state index contributed by atoms with van der Waals surface area (Å²) in [4.78, 5) is 26.5. The fraction of sp³-hybridized carbons (Fsp3) is 0.300. The minimum atomic E-state index is -0.600. The minimum absolute atomic E-state index is 0.0508. The third-order valence-electron chi connectivity index (χ3n) is 4.67. The van der Waals surface area contributed by atoms with Crippen LogP contribution >= 0.6 is 0 Å². The van der Waals surface area contributed by atoms with Gasteiger partial charge in [-0.3, -0.25) is 9.59 Å². The SMILES string of the molecule is Cc1cccc(CNC(=O)c2ccc3c(c2)C(C)(C)C(=O)N3C)c1. The average molecular weight is 322 g/mol. The standard InChI is InChI=1S/C20H22N2O2/c1-13-6-5-7-14(10-13)12-21-18(23)15-8-9-17-16(11-15)20(2,3)19(24)22(17)4/h5-11H,12H2,1-4H3,(H,21,23). The molecule has 2 amide bonds.